The van der Waals surface area contributed by atoms with Crippen LogP contribution in [0, 0.1) is 0 Å². The highest BCUT2D eigenvalue weighted by molar-refractivity contribution is 5.91. The van der Waals surface area contributed by atoms with Crippen LogP contribution < -0.4 is 5.32 Å². The zero-order chi connectivity index (χ0) is 9.56. The van der Waals surface area contributed by atoms with Crippen LogP contribution in [0.15, 0.2) is 12.3 Å². The molecule has 0 atom stereocenters. The van der Waals surface area contributed by atoms with Gasteiger partial charge in [0, 0.05) is 20.3 Å². The van der Waals surface area contributed by atoms with Gasteiger partial charge in [0.2, 0.25) is 0 Å². The lowest BCUT2D eigenvalue weighted by Gasteiger charge is -1.91. The molecule has 12 heavy (non-hydrogen) atoms. The highest BCUT2D eigenvalue weighted by atomic mass is 16.1. The topological polar surface area (TPSA) is 46.9 Å². The van der Waals surface area contributed by atoms with Gasteiger partial charge in [-0.3, -0.25) is 9.48 Å². The molecule has 1 aromatic heterocycles. The van der Waals surface area contributed by atoms with E-state index in [-0.39, 0.29) is 5.91 Å². The van der Waals surface area contributed by atoms with E-state index in [0.717, 1.165) is 0 Å². The summed E-state index contributed by atoms with van der Waals surface area (Å²) in [6.07, 6.45) is 1.73. The number of carbonyl (C=O) groups excluding carboxylic acids is 1. The quantitative estimate of drug-likeness (QED) is 0.676. The maximum atomic E-state index is 10.8. The van der Waals surface area contributed by atoms with Crippen LogP contribution in [0.2, 0.25) is 0 Å². The van der Waals surface area contributed by atoms with Crippen LogP contribution in [-0.4, -0.2) is 22.7 Å². The van der Waals surface area contributed by atoms with Gasteiger partial charge in [-0.25, -0.2) is 0 Å². The van der Waals surface area contributed by atoms with Gasteiger partial charge in [-0.15, -0.1) is 0 Å². The molecule has 0 bridgehead atoms. The van der Waals surface area contributed by atoms with Gasteiger partial charge in [-0.05, 0) is 6.07 Å². The predicted octanol–water partition coefficient (Wildman–Crippen LogP) is 0.806. The summed E-state index contributed by atoms with van der Waals surface area (Å²) in [7, 11) is 3.35. The van der Waals surface area contributed by atoms with Crippen molar-refractivity contribution in [2.75, 3.05) is 7.05 Å². The Morgan fingerprint density at radius 2 is 2.17 bits per heavy atom. The molecule has 0 aromatic carbocycles. The van der Waals surface area contributed by atoms with Crippen LogP contribution in [0.3, 0.4) is 0 Å². The van der Waals surface area contributed by atoms with Crippen LogP contribution in [0.4, 0.5) is 0 Å². The molecule has 0 saturated carbocycles. The van der Waals surface area contributed by atoms with Crippen molar-refractivity contribution >= 4 is 5.91 Å². The Morgan fingerprint density at radius 1 is 1.58 bits per heavy atom. The fraction of sp³-hybridized carbons (Fsp3) is 0.500. The lowest BCUT2D eigenvalue weighted by molar-refractivity contribution is 0.0957. The normalized spacial score (nSPS) is 8.33. The maximum Gasteiger partial charge on any atom is 0.271 e. The summed E-state index contributed by atoms with van der Waals surface area (Å²) in [5, 5.41) is 6.37. The average molecular weight is 169 g/mol. The first-order chi connectivity index (χ1) is 5.74. The van der Waals surface area contributed by atoms with Crippen molar-refractivity contribution < 1.29 is 4.79 Å². The van der Waals surface area contributed by atoms with Gasteiger partial charge in [-0.2, -0.15) is 5.10 Å². The molecule has 0 unspecified atom stereocenters. The molecule has 0 fully saturated rings. The Morgan fingerprint density at radius 3 is 2.50 bits per heavy atom. The van der Waals surface area contributed by atoms with Crippen LogP contribution in [-0.2, 0) is 7.05 Å². The van der Waals surface area contributed by atoms with E-state index in [4.69, 9.17) is 0 Å². The predicted molar refractivity (Wildman–Crippen MR) is 47.9 cm³/mol. The molecule has 0 aliphatic heterocycles. The summed E-state index contributed by atoms with van der Waals surface area (Å²) in [5.41, 5.74) is 0.449. The molecule has 1 amide bonds. The Bertz CT molecular complexity index is 242. The smallest absolute Gasteiger partial charge is 0.271 e. The number of carbonyl (C=O) groups is 1. The van der Waals surface area contributed by atoms with Gasteiger partial charge in [0.1, 0.15) is 5.69 Å². The van der Waals surface area contributed by atoms with E-state index in [2.05, 4.69) is 10.4 Å². The highest BCUT2D eigenvalue weighted by Gasteiger charge is 2.03. The Kier molecular flexibility index (Phi) is 4.76. The number of nitrogens with one attached hydrogen (secondary N) is 1. The van der Waals surface area contributed by atoms with Gasteiger partial charge in [0.25, 0.3) is 5.91 Å². The number of hydrogen-bond donors (Lipinski definition) is 1. The molecule has 68 valence electrons. The molecule has 1 N–H and O–H groups in total. The molecule has 0 aliphatic carbocycles. The average Bonchev–Trinajstić information content (AvgIpc) is 2.54. The molecule has 4 nitrogen and oxygen atoms in total. The third-order valence-corrected chi connectivity index (χ3v) is 1.17. The van der Waals surface area contributed by atoms with E-state index < -0.39 is 0 Å². The second-order valence-electron chi connectivity index (χ2n) is 1.95. The van der Waals surface area contributed by atoms with E-state index in [9.17, 15) is 4.79 Å². The lowest BCUT2D eigenvalue weighted by atomic mass is 10.4. The van der Waals surface area contributed by atoms with Gasteiger partial charge in [-0.1, -0.05) is 13.8 Å². The molecule has 1 heterocycles. The standard InChI is InChI=1S/C6H9N3O.C2H6/c1-7-6(10)5-3-4-9(2)8-5;1-2/h3-4H,1-2H3,(H,7,10);1-2H3. The minimum atomic E-state index is -0.152. The van der Waals surface area contributed by atoms with Gasteiger partial charge >= 0.3 is 0 Å². The first-order valence-corrected chi connectivity index (χ1v) is 3.96. The van der Waals surface area contributed by atoms with E-state index >= 15 is 0 Å². The molecule has 0 radical (unpaired) electrons. The molecule has 1 aromatic rings. The summed E-state index contributed by atoms with van der Waals surface area (Å²) in [5.74, 6) is -0.152. The van der Waals surface area contributed by atoms with Crippen molar-refractivity contribution in [3.05, 3.63) is 18.0 Å². The van der Waals surface area contributed by atoms with Gasteiger partial charge < -0.3 is 5.32 Å². The fourth-order valence-corrected chi connectivity index (χ4v) is 0.664. The fourth-order valence-electron chi connectivity index (χ4n) is 0.664. The molecular formula is C8H15N3O. The third-order valence-electron chi connectivity index (χ3n) is 1.17. The molecule has 1 rings (SSSR count). The van der Waals surface area contributed by atoms with Crippen molar-refractivity contribution in [3.8, 4) is 0 Å². The van der Waals surface area contributed by atoms with Crippen molar-refractivity contribution in [2.24, 2.45) is 7.05 Å². The Hall–Kier alpha value is -1.32. The highest BCUT2D eigenvalue weighted by Crippen LogP contribution is 1.91. The monoisotopic (exact) mass is 169 g/mol. The number of aryl methyl sites for hydroxylation is 1. The van der Waals surface area contributed by atoms with Crippen molar-refractivity contribution in [2.45, 2.75) is 13.8 Å². The summed E-state index contributed by atoms with van der Waals surface area (Å²) in [6.45, 7) is 4.00. The number of nitrogens with zero attached hydrogens (tertiary/aromatic N) is 2. The number of hydrogen-bond acceptors (Lipinski definition) is 2. The second kappa shape index (κ2) is 5.35. The Balaban J connectivity index is 0.000000561. The van der Waals surface area contributed by atoms with Crippen LogP contribution >= 0.6 is 0 Å². The summed E-state index contributed by atoms with van der Waals surface area (Å²) in [6, 6.07) is 1.67. The number of amides is 1. The zero-order valence-electron chi connectivity index (χ0n) is 7.96. The van der Waals surface area contributed by atoms with Crippen molar-refractivity contribution in [1.82, 2.24) is 15.1 Å². The molecule has 4 heteroatoms. The Labute approximate surface area is 72.6 Å². The van der Waals surface area contributed by atoms with E-state index in [1.54, 1.807) is 31.0 Å². The van der Waals surface area contributed by atoms with Gasteiger partial charge in [0.05, 0.1) is 0 Å². The van der Waals surface area contributed by atoms with E-state index in [0.29, 0.717) is 5.69 Å². The van der Waals surface area contributed by atoms with Crippen LogP contribution in [0.25, 0.3) is 0 Å². The molecule has 0 saturated heterocycles. The van der Waals surface area contributed by atoms with E-state index in [1.165, 1.54) is 0 Å². The molecule has 0 aliphatic rings. The minimum absolute atomic E-state index is 0.152. The summed E-state index contributed by atoms with van der Waals surface area (Å²) < 4.78 is 1.59. The summed E-state index contributed by atoms with van der Waals surface area (Å²) in [4.78, 5) is 10.8. The summed E-state index contributed by atoms with van der Waals surface area (Å²) >= 11 is 0. The van der Waals surface area contributed by atoms with Crippen LogP contribution in [0.5, 0.6) is 0 Å². The first kappa shape index (κ1) is 10.7. The maximum absolute atomic E-state index is 10.8. The zero-order valence-corrected chi connectivity index (χ0v) is 7.96. The number of aromatic nitrogens is 2. The first-order valence-electron chi connectivity index (χ1n) is 3.96. The van der Waals surface area contributed by atoms with Crippen LogP contribution in [0.1, 0.15) is 24.3 Å². The minimum Gasteiger partial charge on any atom is -0.354 e. The largest absolute Gasteiger partial charge is 0.354 e. The van der Waals surface area contributed by atoms with Crippen molar-refractivity contribution in [3.63, 3.8) is 0 Å². The third kappa shape index (κ3) is 2.74. The van der Waals surface area contributed by atoms with Crippen molar-refractivity contribution in [1.29, 1.82) is 0 Å². The van der Waals surface area contributed by atoms with Gasteiger partial charge in [0.15, 0.2) is 0 Å². The second-order valence-corrected chi connectivity index (χ2v) is 1.95. The SMILES string of the molecule is CC.CNC(=O)c1ccn(C)n1. The van der Waals surface area contributed by atoms with E-state index in [1.807, 2.05) is 13.8 Å². The number of rotatable bonds is 1. The molecular weight excluding hydrogens is 154 g/mol. The molecule has 0 spiro atoms. The lowest BCUT2D eigenvalue weighted by Crippen LogP contribution is -2.18.